The Labute approximate surface area is 121 Å². The average Bonchev–Trinajstić information content (AvgIpc) is 2.66. The fourth-order valence-corrected chi connectivity index (χ4v) is 5.72. The second-order valence-electron chi connectivity index (χ2n) is 7.56. The first kappa shape index (κ1) is 12.8. The van der Waals surface area contributed by atoms with Crippen LogP contribution < -0.4 is 5.73 Å². The Morgan fingerprint density at radius 2 is 1.70 bits per heavy atom. The smallest absolute Gasteiger partial charge is 0.147 e. The zero-order valence-electron chi connectivity index (χ0n) is 12.6. The van der Waals surface area contributed by atoms with Crippen molar-refractivity contribution in [1.82, 2.24) is 14.8 Å². The molecule has 110 valence electrons. The van der Waals surface area contributed by atoms with E-state index in [0.29, 0.717) is 0 Å². The molecule has 0 aromatic carbocycles. The molecular weight excluding hydrogens is 248 g/mol. The molecule has 4 bridgehead atoms. The Morgan fingerprint density at radius 3 is 2.20 bits per heavy atom. The number of aryl methyl sites for hydroxylation is 2. The van der Waals surface area contributed by atoms with Crippen molar-refractivity contribution in [3.8, 4) is 0 Å². The Balaban J connectivity index is 1.51. The maximum absolute atomic E-state index is 6.62. The first-order valence-corrected chi connectivity index (χ1v) is 8.23. The van der Waals surface area contributed by atoms with Gasteiger partial charge in [0.1, 0.15) is 11.6 Å². The fraction of sp³-hybridized carbons (Fsp3) is 0.875. The van der Waals surface area contributed by atoms with Crippen molar-refractivity contribution < 1.29 is 0 Å². The molecule has 1 aromatic heterocycles. The molecule has 1 atom stereocenters. The lowest BCUT2D eigenvalue weighted by Gasteiger charge is -2.56. The number of rotatable bonds is 3. The van der Waals surface area contributed by atoms with Crippen LogP contribution in [0.1, 0.15) is 43.8 Å². The topological polar surface area (TPSA) is 56.7 Å². The van der Waals surface area contributed by atoms with Gasteiger partial charge in [0.15, 0.2) is 0 Å². The molecule has 1 aromatic rings. The summed E-state index contributed by atoms with van der Waals surface area (Å²) < 4.78 is 2.02. The van der Waals surface area contributed by atoms with Crippen LogP contribution in [-0.4, -0.2) is 20.8 Å². The summed E-state index contributed by atoms with van der Waals surface area (Å²) in [4.78, 5) is 4.40. The maximum atomic E-state index is 6.62. The quantitative estimate of drug-likeness (QED) is 0.920. The van der Waals surface area contributed by atoms with E-state index in [-0.39, 0.29) is 6.04 Å². The van der Waals surface area contributed by atoms with Crippen molar-refractivity contribution in [3.05, 3.63) is 11.6 Å². The second kappa shape index (κ2) is 4.55. The molecule has 0 amide bonds. The van der Waals surface area contributed by atoms with Gasteiger partial charge in [-0.3, -0.25) is 0 Å². The van der Waals surface area contributed by atoms with Gasteiger partial charge < -0.3 is 5.73 Å². The highest BCUT2D eigenvalue weighted by Gasteiger charge is 2.49. The van der Waals surface area contributed by atoms with Gasteiger partial charge in [-0.25, -0.2) is 9.67 Å². The average molecular weight is 274 g/mol. The summed E-state index contributed by atoms with van der Waals surface area (Å²) in [6.07, 6.45) is 7.29. The predicted molar refractivity (Wildman–Crippen MR) is 78.0 cm³/mol. The molecule has 1 unspecified atom stereocenters. The molecule has 0 saturated heterocycles. The van der Waals surface area contributed by atoms with E-state index >= 15 is 0 Å². The number of hydrogen-bond acceptors (Lipinski definition) is 3. The van der Waals surface area contributed by atoms with E-state index in [1.807, 2.05) is 18.5 Å². The summed E-state index contributed by atoms with van der Waals surface area (Å²) in [6, 6.07) is 0.254. The molecule has 4 aliphatic carbocycles. The van der Waals surface area contributed by atoms with E-state index in [1.165, 1.54) is 32.1 Å². The summed E-state index contributed by atoms with van der Waals surface area (Å²) in [5.74, 6) is 6.43. The highest BCUT2D eigenvalue weighted by molar-refractivity contribution is 5.01. The summed E-state index contributed by atoms with van der Waals surface area (Å²) in [6.45, 7) is 4.83. The van der Waals surface area contributed by atoms with Crippen molar-refractivity contribution in [1.29, 1.82) is 0 Å². The van der Waals surface area contributed by atoms with Gasteiger partial charge in [-0.1, -0.05) is 0 Å². The highest BCUT2D eigenvalue weighted by atomic mass is 15.3. The number of hydrogen-bond donors (Lipinski definition) is 1. The van der Waals surface area contributed by atoms with Gasteiger partial charge in [0.05, 0.1) is 6.54 Å². The molecule has 20 heavy (non-hydrogen) atoms. The standard InChI is InChI=1S/C16H26N4/c1-9-18-10(2)20(19-9)8-15(17)16-13-4-11-3-12(6-13)7-14(16)5-11/h11-16H,3-8,17H2,1-2H3. The lowest BCUT2D eigenvalue weighted by atomic mass is 9.50. The third-order valence-electron chi connectivity index (χ3n) is 6.14. The summed E-state index contributed by atoms with van der Waals surface area (Å²) in [5.41, 5.74) is 6.62. The van der Waals surface area contributed by atoms with Crippen LogP contribution in [0.25, 0.3) is 0 Å². The van der Waals surface area contributed by atoms with Crippen LogP contribution in [0, 0.1) is 43.4 Å². The van der Waals surface area contributed by atoms with E-state index in [1.54, 1.807) is 0 Å². The monoisotopic (exact) mass is 274 g/mol. The molecule has 4 aliphatic rings. The third-order valence-corrected chi connectivity index (χ3v) is 6.14. The minimum absolute atomic E-state index is 0.254. The van der Waals surface area contributed by atoms with Gasteiger partial charge in [0.25, 0.3) is 0 Å². The fourth-order valence-electron chi connectivity index (χ4n) is 5.72. The Hall–Kier alpha value is -0.900. The van der Waals surface area contributed by atoms with Gasteiger partial charge in [0.2, 0.25) is 0 Å². The number of nitrogens with two attached hydrogens (primary N) is 1. The zero-order valence-corrected chi connectivity index (χ0v) is 12.6. The normalized spacial score (nSPS) is 40.2. The van der Waals surface area contributed by atoms with Crippen LogP contribution in [-0.2, 0) is 6.54 Å². The Morgan fingerprint density at radius 1 is 1.10 bits per heavy atom. The first-order valence-electron chi connectivity index (χ1n) is 8.23. The molecule has 1 heterocycles. The Bertz CT molecular complexity index is 479. The van der Waals surface area contributed by atoms with Crippen LogP contribution in [0.2, 0.25) is 0 Å². The summed E-state index contributed by atoms with van der Waals surface area (Å²) >= 11 is 0. The van der Waals surface area contributed by atoms with Crippen molar-refractivity contribution in [2.45, 2.75) is 58.5 Å². The lowest BCUT2D eigenvalue weighted by Crippen LogP contribution is -2.52. The molecule has 4 saturated carbocycles. The minimum atomic E-state index is 0.254. The first-order chi connectivity index (χ1) is 9.60. The van der Waals surface area contributed by atoms with Crippen molar-refractivity contribution >= 4 is 0 Å². The van der Waals surface area contributed by atoms with Crippen LogP contribution in [0.4, 0.5) is 0 Å². The van der Waals surface area contributed by atoms with E-state index in [0.717, 1.165) is 47.8 Å². The van der Waals surface area contributed by atoms with Gasteiger partial charge in [-0.05, 0) is 75.5 Å². The molecule has 4 nitrogen and oxygen atoms in total. The summed E-state index contributed by atoms with van der Waals surface area (Å²) in [7, 11) is 0. The molecule has 0 aliphatic heterocycles. The predicted octanol–water partition coefficient (Wildman–Crippen LogP) is 2.29. The number of nitrogens with zero attached hydrogens (tertiary/aromatic N) is 3. The van der Waals surface area contributed by atoms with E-state index < -0.39 is 0 Å². The second-order valence-corrected chi connectivity index (χ2v) is 7.56. The molecule has 0 radical (unpaired) electrons. The van der Waals surface area contributed by atoms with Crippen molar-refractivity contribution in [2.75, 3.05) is 0 Å². The van der Waals surface area contributed by atoms with Crippen LogP contribution >= 0.6 is 0 Å². The molecule has 2 N–H and O–H groups in total. The molecule has 4 fully saturated rings. The zero-order chi connectivity index (χ0) is 13.9. The lowest BCUT2D eigenvalue weighted by molar-refractivity contribution is -0.0489. The largest absolute Gasteiger partial charge is 0.326 e. The van der Waals surface area contributed by atoms with Gasteiger partial charge in [0, 0.05) is 6.04 Å². The molecule has 4 heteroatoms. The molecule has 0 spiro atoms. The Kier molecular flexibility index (Phi) is 2.92. The third kappa shape index (κ3) is 2.00. The highest BCUT2D eigenvalue weighted by Crippen LogP contribution is 2.57. The van der Waals surface area contributed by atoms with E-state index in [4.69, 9.17) is 5.73 Å². The molecule has 5 rings (SSSR count). The van der Waals surface area contributed by atoms with E-state index in [9.17, 15) is 0 Å². The SMILES string of the molecule is Cc1nc(C)n(CC(N)C2C3CC4CC(C3)CC2C4)n1. The van der Waals surface area contributed by atoms with Crippen molar-refractivity contribution in [3.63, 3.8) is 0 Å². The van der Waals surface area contributed by atoms with Crippen LogP contribution in [0.5, 0.6) is 0 Å². The summed E-state index contributed by atoms with van der Waals surface area (Å²) in [5, 5.41) is 4.49. The van der Waals surface area contributed by atoms with E-state index in [2.05, 4.69) is 10.1 Å². The van der Waals surface area contributed by atoms with Gasteiger partial charge in [-0.15, -0.1) is 0 Å². The van der Waals surface area contributed by atoms with Crippen LogP contribution in [0.15, 0.2) is 0 Å². The van der Waals surface area contributed by atoms with Crippen LogP contribution in [0.3, 0.4) is 0 Å². The maximum Gasteiger partial charge on any atom is 0.147 e. The van der Waals surface area contributed by atoms with Crippen molar-refractivity contribution in [2.24, 2.45) is 35.3 Å². The van der Waals surface area contributed by atoms with Gasteiger partial charge >= 0.3 is 0 Å². The minimum Gasteiger partial charge on any atom is -0.326 e. The number of aromatic nitrogens is 3. The molecular formula is C16H26N4. The van der Waals surface area contributed by atoms with Gasteiger partial charge in [-0.2, -0.15) is 5.10 Å².